The number of Topliss-reactive ketones (excluding diaryl/α,β-unsaturated/α-hetero) is 1. The largest absolute Gasteiger partial charge is 0.359 e. The second-order valence-electron chi connectivity index (χ2n) is 5.97. The SMILES string of the molecule is CNC(=O)C(C)(C)CN1C2CCC1CC(=O)C2. The number of amides is 1. The summed E-state index contributed by atoms with van der Waals surface area (Å²) < 4.78 is 0. The molecule has 96 valence electrons. The van der Waals surface area contributed by atoms with Crippen LogP contribution in [0.1, 0.15) is 39.5 Å². The Hall–Kier alpha value is -0.900. The van der Waals surface area contributed by atoms with E-state index in [1.54, 1.807) is 7.05 Å². The molecule has 2 unspecified atom stereocenters. The van der Waals surface area contributed by atoms with Gasteiger partial charge < -0.3 is 5.32 Å². The van der Waals surface area contributed by atoms with Crippen LogP contribution in [0.3, 0.4) is 0 Å². The molecule has 0 radical (unpaired) electrons. The molecule has 2 heterocycles. The first kappa shape index (κ1) is 12.6. The molecule has 2 aliphatic heterocycles. The summed E-state index contributed by atoms with van der Waals surface area (Å²) in [6.07, 6.45) is 3.58. The van der Waals surface area contributed by atoms with E-state index in [4.69, 9.17) is 0 Å². The van der Waals surface area contributed by atoms with Gasteiger partial charge in [0.2, 0.25) is 5.91 Å². The number of piperidine rings is 1. The van der Waals surface area contributed by atoms with Gasteiger partial charge in [-0.25, -0.2) is 0 Å². The van der Waals surface area contributed by atoms with Crippen LogP contribution in [0.4, 0.5) is 0 Å². The molecule has 0 saturated carbocycles. The minimum absolute atomic E-state index is 0.0776. The highest BCUT2D eigenvalue weighted by Crippen LogP contribution is 2.36. The Kier molecular flexibility index (Phi) is 3.25. The molecule has 0 aliphatic carbocycles. The molecule has 2 fully saturated rings. The first-order valence-corrected chi connectivity index (χ1v) is 6.43. The third-order valence-corrected chi connectivity index (χ3v) is 4.12. The zero-order valence-corrected chi connectivity index (χ0v) is 11.0. The van der Waals surface area contributed by atoms with E-state index in [9.17, 15) is 9.59 Å². The summed E-state index contributed by atoms with van der Waals surface area (Å²) in [5.74, 6) is 0.472. The van der Waals surface area contributed by atoms with Gasteiger partial charge in [0, 0.05) is 38.5 Å². The van der Waals surface area contributed by atoms with Crippen molar-refractivity contribution in [2.45, 2.75) is 51.6 Å². The monoisotopic (exact) mass is 238 g/mol. The highest BCUT2D eigenvalue weighted by Gasteiger charge is 2.43. The molecular formula is C13H22N2O2. The zero-order chi connectivity index (χ0) is 12.6. The quantitative estimate of drug-likeness (QED) is 0.796. The van der Waals surface area contributed by atoms with Crippen molar-refractivity contribution in [1.29, 1.82) is 0 Å². The van der Waals surface area contributed by atoms with Crippen LogP contribution in [0, 0.1) is 5.41 Å². The highest BCUT2D eigenvalue weighted by atomic mass is 16.2. The number of rotatable bonds is 3. The number of nitrogens with zero attached hydrogens (tertiary/aromatic N) is 1. The summed E-state index contributed by atoms with van der Waals surface area (Å²) in [5, 5.41) is 2.72. The maximum absolute atomic E-state index is 11.8. The topological polar surface area (TPSA) is 49.4 Å². The lowest BCUT2D eigenvalue weighted by Crippen LogP contribution is -2.51. The highest BCUT2D eigenvalue weighted by molar-refractivity contribution is 5.82. The molecular weight excluding hydrogens is 216 g/mol. The van der Waals surface area contributed by atoms with Crippen LogP contribution in [0.2, 0.25) is 0 Å². The standard InChI is InChI=1S/C13H22N2O2/c1-13(2,12(17)14-3)8-15-9-4-5-10(15)7-11(16)6-9/h9-10H,4-8H2,1-3H3,(H,14,17). The molecule has 17 heavy (non-hydrogen) atoms. The molecule has 0 aromatic rings. The van der Waals surface area contributed by atoms with E-state index in [2.05, 4.69) is 10.2 Å². The molecule has 4 nitrogen and oxygen atoms in total. The second kappa shape index (κ2) is 4.41. The maximum Gasteiger partial charge on any atom is 0.226 e. The van der Waals surface area contributed by atoms with Crippen molar-refractivity contribution in [3.63, 3.8) is 0 Å². The molecule has 4 heteroatoms. The van der Waals surface area contributed by atoms with Gasteiger partial charge in [-0.1, -0.05) is 0 Å². The molecule has 2 rings (SSSR count). The van der Waals surface area contributed by atoms with E-state index in [0.717, 1.165) is 19.4 Å². The molecule has 1 N–H and O–H groups in total. The predicted molar refractivity (Wildman–Crippen MR) is 65.6 cm³/mol. The number of fused-ring (bicyclic) bond motifs is 2. The van der Waals surface area contributed by atoms with E-state index in [0.29, 0.717) is 30.7 Å². The summed E-state index contributed by atoms with van der Waals surface area (Å²) in [7, 11) is 1.68. The van der Waals surface area contributed by atoms with Gasteiger partial charge in [0.1, 0.15) is 5.78 Å². The van der Waals surface area contributed by atoms with Crippen molar-refractivity contribution in [2.75, 3.05) is 13.6 Å². The van der Waals surface area contributed by atoms with Gasteiger partial charge in [-0.3, -0.25) is 14.5 Å². The van der Waals surface area contributed by atoms with Crippen LogP contribution in [0.15, 0.2) is 0 Å². The molecule has 2 atom stereocenters. The Morgan fingerprint density at radius 2 is 1.88 bits per heavy atom. The molecule has 2 aliphatic rings. The van der Waals surface area contributed by atoms with Gasteiger partial charge in [0.25, 0.3) is 0 Å². The Morgan fingerprint density at radius 3 is 2.35 bits per heavy atom. The summed E-state index contributed by atoms with van der Waals surface area (Å²) in [6.45, 7) is 4.71. The minimum Gasteiger partial charge on any atom is -0.359 e. The first-order valence-electron chi connectivity index (χ1n) is 6.43. The van der Waals surface area contributed by atoms with Crippen LogP contribution in [0.5, 0.6) is 0 Å². The van der Waals surface area contributed by atoms with Crippen LogP contribution in [0.25, 0.3) is 0 Å². The maximum atomic E-state index is 11.8. The zero-order valence-electron chi connectivity index (χ0n) is 11.0. The van der Waals surface area contributed by atoms with Gasteiger partial charge in [-0.2, -0.15) is 0 Å². The van der Waals surface area contributed by atoms with Crippen molar-refractivity contribution in [1.82, 2.24) is 10.2 Å². The number of carbonyl (C=O) groups is 2. The Bertz CT molecular complexity index is 322. The average molecular weight is 238 g/mol. The van der Waals surface area contributed by atoms with E-state index < -0.39 is 0 Å². The lowest BCUT2D eigenvalue weighted by atomic mass is 9.89. The van der Waals surface area contributed by atoms with E-state index in [1.807, 2.05) is 13.8 Å². The third-order valence-electron chi connectivity index (χ3n) is 4.12. The number of nitrogens with one attached hydrogen (secondary N) is 1. The number of carbonyl (C=O) groups excluding carboxylic acids is 2. The molecule has 0 spiro atoms. The summed E-state index contributed by atoms with van der Waals surface area (Å²) >= 11 is 0. The van der Waals surface area contributed by atoms with Gasteiger partial charge >= 0.3 is 0 Å². The van der Waals surface area contributed by atoms with Crippen molar-refractivity contribution in [3.8, 4) is 0 Å². The lowest BCUT2D eigenvalue weighted by molar-refractivity contribution is -0.131. The molecule has 2 saturated heterocycles. The second-order valence-corrected chi connectivity index (χ2v) is 5.97. The van der Waals surface area contributed by atoms with Gasteiger partial charge in [0.05, 0.1) is 5.41 Å². The smallest absolute Gasteiger partial charge is 0.226 e. The van der Waals surface area contributed by atoms with Crippen LogP contribution < -0.4 is 5.32 Å². The lowest BCUT2D eigenvalue weighted by Gasteiger charge is -2.38. The molecule has 2 bridgehead atoms. The normalized spacial score (nSPS) is 29.5. The Morgan fingerprint density at radius 1 is 1.35 bits per heavy atom. The fourth-order valence-electron chi connectivity index (χ4n) is 3.19. The van der Waals surface area contributed by atoms with Crippen LogP contribution in [-0.2, 0) is 9.59 Å². The van der Waals surface area contributed by atoms with Crippen molar-refractivity contribution >= 4 is 11.7 Å². The Labute approximate surface area is 103 Å². The van der Waals surface area contributed by atoms with Gasteiger partial charge in [-0.05, 0) is 26.7 Å². The van der Waals surface area contributed by atoms with E-state index >= 15 is 0 Å². The molecule has 0 aromatic heterocycles. The summed E-state index contributed by atoms with van der Waals surface area (Å²) in [4.78, 5) is 25.7. The van der Waals surface area contributed by atoms with Gasteiger partial charge in [-0.15, -0.1) is 0 Å². The van der Waals surface area contributed by atoms with Crippen molar-refractivity contribution in [2.24, 2.45) is 5.41 Å². The number of hydrogen-bond donors (Lipinski definition) is 1. The van der Waals surface area contributed by atoms with Crippen molar-refractivity contribution < 1.29 is 9.59 Å². The summed E-state index contributed by atoms with van der Waals surface area (Å²) in [6, 6.07) is 0.760. The fourth-order valence-corrected chi connectivity index (χ4v) is 3.19. The summed E-state index contributed by atoms with van der Waals surface area (Å²) in [5.41, 5.74) is -0.379. The van der Waals surface area contributed by atoms with E-state index in [-0.39, 0.29) is 11.3 Å². The number of hydrogen-bond acceptors (Lipinski definition) is 3. The Balaban J connectivity index is 2.05. The molecule has 1 amide bonds. The van der Waals surface area contributed by atoms with E-state index in [1.165, 1.54) is 0 Å². The van der Waals surface area contributed by atoms with Crippen LogP contribution in [-0.4, -0.2) is 42.3 Å². The predicted octanol–water partition coefficient (Wildman–Crippen LogP) is 0.954. The third kappa shape index (κ3) is 2.37. The number of ketones is 1. The van der Waals surface area contributed by atoms with Crippen LogP contribution >= 0.6 is 0 Å². The average Bonchev–Trinajstić information content (AvgIpc) is 2.51. The fraction of sp³-hybridized carbons (Fsp3) is 0.846. The van der Waals surface area contributed by atoms with Crippen molar-refractivity contribution in [3.05, 3.63) is 0 Å². The van der Waals surface area contributed by atoms with Gasteiger partial charge in [0.15, 0.2) is 0 Å². The first-order chi connectivity index (χ1) is 7.94. The minimum atomic E-state index is -0.379. The molecule has 0 aromatic carbocycles.